The predicted octanol–water partition coefficient (Wildman–Crippen LogP) is 0.914. The van der Waals surface area contributed by atoms with Crippen LogP contribution in [-0.2, 0) is 16.4 Å². The molecule has 0 bridgehead atoms. The average Bonchev–Trinajstić information content (AvgIpc) is 2.25. The van der Waals surface area contributed by atoms with Crippen LogP contribution in [0.15, 0.2) is 17.0 Å². The molecule has 0 amide bonds. The first kappa shape index (κ1) is 12.8. The molecule has 0 radical (unpaired) electrons. The number of nitrogens with two attached hydrogens (primary N) is 1. The Hall–Kier alpha value is -1.27. The number of primary sulfonamides is 1. The molecule has 2 N–H and O–H groups in total. The van der Waals surface area contributed by atoms with Crippen molar-refractivity contribution in [2.45, 2.75) is 18.2 Å². The second kappa shape index (κ2) is 4.71. The summed E-state index contributed by atoms with van der Waals surface area (Å²) in [7, 11) is -1.08. The Morgan fingerprint density at radius 3 is 2.25 bits per heavy atom. The molecule has 6 heteroatoms. The molecule has 0 unspecified atom stereocenters. The highest BCUT2D eigenvalue weighted by atomic mass is 32.2. The van der Waals surface area contributed by atoms with Crippen molar-refractivity contribution in [3.8, 4) is 11.5 Å². The van der Waals surface area contributed by atoms with E-state index in [1.807, 2.05) is 6.92 Å². The van der Waals surface area contributed by atoms with Gasteiger partial charge < -0.3 is 9.47 Å². The zero-order chi connectivity index (χ0) is 12.3. The van der Waals surface area contributed by atoms with Crippen molar-refractivity contribution in [3.63, 3.8) is 0 Å². The number of sulfonamides is 1. The maximum Gasteiger partial charge on any atom is 0.245 e. The molecule has 0 saturated carbocycles. The van der Waals surface area contributed by atoms with E-state index in [0.29, 0.717) is 6.42 Å². The van der Waals surface area contributed by atoms with Crippen LogP contribution in [0.3, 0.4) is 0 Å². The summed E-state index contributed by atoms with van der Waals surface area (Å²) in [6, 6.07) is 3.33. The Bertz CT molecular complexity index is 482. The quantitative estimate of drug-likeness (QED) is 0.855. The second-order valence-electron chi connectivity index (χ2n) is 3.19. The minimum absolute atomic E-state index is 0.100. The molecule has 0 heterocycles. The third-order valence-corrected chi connectivity index (χ3v) is 3.20. The summed E-state index contributed by atoms with van der Waals surface area (Å²) in [5, 5.41) is 5.15. The van der Waals surface area contributed by atoms with E-state index in [4.69, 9.17) is 14.6 Å². The molecule has 0 atom stereocenters. The van der Waals surface area contributed by atoms with Gasteiger partial charge in [-0.1, -0.05) is 13.0 Å². The van der Waals surface area contributed by atoms with Crippen molar-refractivity contribution in [2.75, 3.05) is 14.2 Å². The van der Waals surface area contributed by atoms with Crippen LogP contribution in [0.25, 0.3) is 0 Å². The summed E-state index contributed by atoms with van der Waals surface area (Å²) < 4.78 is 33.0. The number of benzene rings is 1. The van der Waals surface area contributed by atoms with Crippen LogP contribution in [0, 0.1) is 0 Å². The number of hydrogen-bond donors (Lipinski definition) is 1. The van der Waals surface area contributed by atoms with Crippen molar-refractivity contribution in [3.05, 3.63) is 17.7 Å². The minimum Gasteiger partial charge on any atom is -0.495 e. The molecule has 16 heavy (non-hydrogen) atoms. The molecule has 0 aliphatic carbocycles. The number of rotatable bonds is 4. The standard InChI is InChI=1S/C10H15NO4S/c1-4-7-5-6-8(14-2)10(9(7)15-3)16(11,12)13/h5-6H,4H2,1-3H3,(H2,11,12,13). The van der Waals surface area contributed by atoms with Crippen LogP contribution in [0.4, 0.5) is 0 Å². The first-order valence-electron chi connectivity index (χ1n) is 4.72. The van der Waals surface area contributed by atoms with Gasteiger partial charge in [-0.15, -0.1) is 0 Å². The van der Waals surface area contributed by atoms with Gasteiger partial charge >= 0.3 is 0 Å². The summed E-state index contributed by atoms with van der Waals surface area (Å²) in [4.78, 5) is -0.100. The first-order chi connectivity index (χ1) is 7.45. The molecule has 0 saturated heterocycles. The molecule has 1 aromatic carbocycles. The van der Waals surface area contributed by atoms with Gasteiger partial charge in [0.2, 0.25) is 10.0 Å². The fourth-order valence-electron chi connectivity index (χ4n) is 1.52. The molecule has 0 spiro atoms. The summed E-state index contributed by atoms with van der Waals surface area (Å²) in [5.41, 5.74) is 0.771. The average molecular weight is 245 g/mol. The highest BCUT2D eigenvalue weighted by Crippen LogP contribution is 2.35. The molecular weight excluding hydrogens is 230 g/mol. The maximum absolute atomic E-state index is 11.5. The zero-order valence-corrected chi connectivity index (χ0v) is 10.3. The topological polar surface area (TPSA) is 78.6 Å². The van der Waals surface area contributed by atoms with Crippen LogP contribution in [-0.4, -0.2) is 22.6 Å². The molecule has 1 rings (SSSR count). The van der Waals surface area contributed by atoms with Gasteiger partial charge in [0.15, 0.2) is 4.90 Å². The minimum atomic E-state index is -3.87. The normalized spacial score (nSPS) is 11.2. The molecule has 0 aliphatic heterocycles. The third-order valence-electron chi connectivity index (χ3n) is 2.25. The zero-order valence-electron chi connectivity index (χ0n) is 9.48. The van der Waals surface area contributed by atoms with Crippen molar-refractivity contribution in [2.24, 2.45) is 5.14 Å². The summed E-state index contributed by atoms with van der Waals surface area (Å²) in [5.74, 6) is 0.445. The van der Waals surface area contributed by atoms with Gasteiger partial charge in [-0.2, -0.15) is 0 Å². The van der Waals surface area contributed by atoms with E-state index < -0.39 is 10.0 Å². The van der Waals surface area contributed by atoms with Gasteiger partial charge in [0.1, 0.15) is 11.5 Å². The Morgan fingerprint density at radius 1 is 1.25 bits per heavy atom. The fourth-order valence-corrected chi connectivity index (χ4v) is 2.42. The van der Waals surface area contributed by atoms with Gasteiger partial charge in [0.25, 0.3) is 0 Å². The Balaban J connectivity index is 3.63. The lowest BCUT2D eigenvalue weighted by Crippen LogP contribution is -2.15. The van der Waals surface area contributed by atoms with Crippen LogP contribution < -0.4 is 14.6 Å². The van der Waals surface area contributed by atoms with Gasteiger partial charge in [-0.25, -0.2) is 13.6 Å². The number of aryl methyl sites for hydroxylation is 1. The van der Waals surface area contributed by atoms with Crippen LogP contribution >= 0.6 is 0 Å². The lowest BCUT2D eigenvalue weighted by Gasteiger charge is -2.14. The second-order valence-corrected chi connectivity index (χ2v) is 4.69. The summed E-state index contributed by atoms with van der Waals surface area (Å²) in [6.07, 6.45) is 0.648. The predicted molar refractivity (Wildman–Crippen MR) is 60.3 cm³/mol. The molecular formula is C10H15NO4S. The van der Waals surface area contributed by atoms with Crippen LogP contribution in [0.1, 0.15) is 12.5 Å². The Labute approximate surface area is 95.2 Å². The Morgan fingerprint density at radius 2 is 1.88 bits per heavy atom. The lowest BCUT2D eigenvalue weighted by atomic mass is 10.1. The first-order valence-corrected chi connectivity index (χ1v) is 6.27. The maximum atomic E-state index is 11.5. The summed E-state index contributed by atoms with van der Waals surface area (Å²) in [6.45, 7) is 1.90. The van der Waals surface area contributed by atoms with E-state index in [2.05, 4.69) is 0 Å². The highest BCUT2D eigenvalue weighted by Gasteiger charge is 2.23. The van der Waals surface area contributed by atoms with Crippen molar-refractivity contribution < 1.29 is 17.9 Å². The highest BCUT2D eigenvalue weighted by molar-refractivity contribution is 7.89. The van der Waals surface area contributed by atoms with Crippen molar-refractivity contribution in [1.29, 1.82) is 0 Å². The molecule has 90 valence electrons. The van der Waals surface area contributed by atoms with Crippen LogP contribution in [0.5, 0.6) is 11.5 Å². The van der Waals surface area contributed by atoms with E-state index in [0.717, 1.165) is 5.56 Å². The van der Waals surface area contributed by atoms with E-state index in [1.165, 1.54) is 14.2 Å². The van der Waals surface area contributed by atoms with Crippen LogP contribution in [0.2, 0.25) is 0 Å². The summed E-state index contributed by atoms with van der Waals surface area (Å²) >= 11 is 0. The van der Waals surface area contributed by atoms with E-state index in [-0.39, 0.29) is 16.4 Å². The van der Waals surface area contributed by atoms with E-state index in [1.54, 1.807) is 12.1 Å². The third kappa shape index (κ3) is 2.28. The largest absolute Gasteiger partial charge is 0.495 e. The van der Waals surface area contributed by atoms with Gasteiger partial charge in [0.05, 0.1) is 14.2 Å². The molecule has 0 fully saturated rings. The lowest BCUT2D eigenvalue weighted by molar-refractivity contribution is 0.370. The van der Waals surface area contributed by atoms with E-state index >= 15 is 0 Å². The van der Waals surface area contributed by atoms with E-state index in [9.17, 15) is 8.42 Å². The van der Waals surface area contributed by atoms with Crippen molar-refractivity contribution in [1.82, 2.24) is 0 Å². The number of methoxy groups -OCH3 is 2. The molecule has 0 aromatic heterocycles. The molecule has 0 aliphatic rings. The SMILES string of the molecule is CCc1ccc(OC)c(S(N)(=O)=O)c1OC. The molecule has 5 nitrogen and oxygen atoms in total. The van der Waals surface area contributed by atoms with Crippen molar-refractivity contribution >= 4 is 10.0 Å². The van der Waals surface area contributed by atoms with Gasteiger partial charge in [-0.3, -0.25) is 0 Å². The smallest absolute Gasteiger partial charge is 0.245 e. The van der Waals surface area contributed by atoms with Gasteiger partial charge in [0, 0.05) is 0 Å². The number of hydrogen-bond acceptors (Lipinski definition) is 4. The fraction of sp³-hybridized carbons (Fsp3) is 0.400. The monoisotopic (exact) mass is 245 g/mol. The molecule has 1 aromatic rings. The van der Waals surface area contributed by atoms with Gasteiger partial charge in [-0.05, 0) is 18.1 Å². The Kier molecular flexibility index (Phi) is 3.77. The number of ether oxygens (including phenoxy) is 2.